The van der Waals surface area contributed by atoms with Crippen molar-refractivity contribution in [1.29, 1.82) is 0 Å². The van der Waals surface area contributed by atoms with Crippen LogP contribution in [0.15, 0.2) is 29.1 Å². The summed E-state index contributed by atoms with van der Waals surface area (Å²) in [6.07, 6.45) is 0. The molecule has 4 heteroatoms. The second-order valence-electron chi connectivity index (χ2n) is 5.98. The first kappa shape index (κ1) is 15.6. The third-order valence-corrected chi connectivity index (χ3v) is 4.84. The van der Waals surface area contributed by atoms with Crippen molar-refractivity contribution in [2.24, 2.45) is 0 Å². The Bertz CT molecular complexity index is 1000. The van der Waals surface area contributed by atoms with Gasteiger partial charge < -0.3 is 10.1 Å². The van der Waals surface area contributed by atoms with Gasteiger partial charge in [-0.25, -0.2) is 0 Å². The van der Waals surface area contributed by atoms with Crippen LogP contribution in [0, 0.1) is 27.7 Å². The van der Waals surface area contributed by atoms with Crippen LogP contribution in [0.2, 0.25) is 5.02 Å². The van der Waals surface area contributed by atoms with Gasteiger partial charge in [0.05, 0.1) is 0 Å². The molecule has 0 saturated carbocycles. The van der Waals surface area contributed by atoms with E-state index in [0.29, 0.717) is 16.1 Å². The fraction of sp³-hybridized carbons (Fsp3) is 0.211. The van der Waals surface area contributed by atoms with Crippen molar-refractivity contribution in [2.75, 3.05) is 0 Å². The lowest BCUT2D eigenvalue weighted by atomic mass is 9.90. The van der Waals surface area contributed by atoms with E-state index in [0.717, 1.165) is 27.6 Å². The maximum atomic E-state index is 12.4. The number of aromatic nitrogens is 1. The Morgan fingerprint density at radius 3 is 2.39 bits per heavy atom. The van der Waals surface area contributed by atoms with E-state index in [1.54, 1.807) is 25.1 Å². The van der Waals surface area contributed by atoms with Gasteiger partial charge in [-0.05, 0) is 68.7 Å². The topological polar surface area (TPSA) is 53.1 Å². The van der Waals surface area contributed by atoms with Crippen molar-refractivity contribution in [1.82, 2.24) is 4.98 Å². The fourth-order valence-corrected chi connectivity index (χ4v) is 3.24. The number of aryl methyl sites for hydroxylation is 2. The van der Waals surface area contributed by atoms with Gasteiger partial charge in [-0.1, -0.05) is 11.6 Å². The molecule has 0 radical (unpaired) electrons. The molecule has 0 fully saturated rings. The van der Waals surface area contributed by atoms with Crippen LogP contribution >= 0.6 is 11.6 Å². The Morgan fingerprint density at radius 2 is 1.70 bits per heavy atom. The Kier molecular flexibility index (Phi) is 3.69. The van der Waals surface area contributed by atoms with Crippen LogP contribution in [-0.4, -0.2) is 10.1 Å². The van der Waals surface area contributed by atoms with Crippen LogP contribution in [0.5, 0.6) is 5.75 Å². The van der Waals surface area contributed by atoms with Gasteiger partial charge in [-0.3, -0.25) is 4.79 Å². The maximum absolute atomic E-state index is 12.4. The summed E-state index contributed by atoms with van der Waals surface area (Å²) in [7, 11) is 0. The van der Waals surface area contributed by atoms with Crippen molar-refractivity contribution in [2.45, 2.75) is 27.7 Å². The number of rotatable bonds is 1. The van der Waals surface area contributed by atoms with Crippen molar-refractivity contribution >= 4 is 22.5 Å². The number of phenolic OH excluding ortho intramolecular Hbond substituents is 1. The Hall–Kier alpha value is -2.26. The highest BCUT2D eigenvalue weighted by atomic mass is 35.5. The van der Waals surface area contributed by atoms with Crippen molar-refractivity contribution in [3.8, 4) is 16.9 Å². The molecule has 0 bridgehead atoms. The predicted molar refractivity (Wildman–Crippen MR) is 95.6 cm³/mol. The number of benzene rings is 2. The van der Waals surface area contributed by atoms with E-state index in [-0.39, 0.29) is 11.3 Å². The standard InChI is InChI=1S/C19H18ClNO2/c1-9-7-15-18(11(3)10(9)2)17(12(4)19(23)21-15)14-8-13(20)5-6-16(14)22/h5-8,22H,1-4H3,(H,21,23). The van der Waals surface area contributed by atoms with E-state index in [2.05, 4.69) is 11.9 Å². The molecular weight excluding hydrogens is 310 g/mol. The quantitative estimate of drug-likeness (QED) is 0.675. The lowest BCUT2D eigenvalue weighted by Crippen LogP contribution is -2.12. The molecule has 118 valence electrons. The second-order valence-corrected chi connectivity index (χ2v) is 6.42. The zero-order valence-corrected chi connectivity index (χ0v) is 14.3. The van der Waals surface area contributed by atoms with Crippen LogP contribution in [0.25, 0.3) is 22.0 Å². The molecule has 23 heavy (non-hydrogen) atoms. The SMILES string of the molecule is Cc1cc2[nH]c(=O)c(C)c(-c3cc(Cl)ccc3O)c2c(C)c1C. The molecule has 0 amide bonds. The van der Waals surface area contributed by atoms with Gasteiger partial charge in [0.25, 0.3) is 5.56 Å². The van der Waals surface area contributed by atoms with Crippen LogP contribution in [0.3, 0.4) is 0 Å². The molecule has 2 aromatic carbocycles. The third-order valence-electron chi connectivity index (χ3n) is 4.60. The first-order chi connectivity index (χ1) is 10.8. The lowest BCUT2D eigenvalue weighted by Gasteiger charge is -2.16. The number of H-pyrrole nitrogens is 1. The molecule has 3 nitrogen and oxygen atoms in total. The predicted octanol–water partition coefficient (Wildman–Crippen LogP) is 4.79. The number of pyridine rings is 1. The number of phenols is 1. The van der Waals surface area contributed by atoms with Gasteiger partial charge in [-0.15, -0.1) is 0 Å². The smallest absolute Gasteiger partial charge is 0.251 e. The van der Waals surface area contributed by atoms with Gasteiger partial charge in [-0.2, -0.15) is 0 Å². The summed E-state index contributed by atoms with van der Waals surface area (Å²) in [5.41, 5.74) is 5.89. The number of hydrogen-bond donors (Lipinski definition) is 2. The normalized spacial score (nSPS) is 11.2. The molecule has 1 heterocycles. The molecule has 0 atom stereocenters. The van der Waals surface area contributed by atoms with E-state index in [1.807, 2.05) is 19.9 Å². The van der Waals surface area contributed by atoms with Gasteiger partial charge in [0, 0.05) is 32.6 Å². The van der Waals surface area contributed by atoms with Crippen LogP contribution in [0.4, 0.5) is 0 Å². The van der Waals surface area contributed by atoms with Crippen LogP contribution in [0.1, 0.15) is 22.3 Å². The fourth-order valence-electron chi connectivity index (χ4n) is 3.07. The molecule has 0 unspecified atom stereocenters. The number of aromatic amines is 1. The highest BCUT2D eigenvalue weighted by Gasteiger charge is 2.18. The Morgan fingerprint density at radius 1 is 1.00 bits per heavy atom. The molecule has 0 aliphatic rings. The van der Waals surface area contributed by atoms with Crippen molar-refractivity contribution in [3.63, 3.8) is 0 Å². The molecule has 0 saturated heterocycles. The number of hydrogen-bond acceptors (Lipinski definition) is 2. The molecule has 0 aliphatic carbocycles. The second kappa shape index (κ2) is 5.43. The van der Waals surface area contributed by atoms with Gasteiger partial charge in [0.2, 0.25) is 0 Å². The summed E-state index contributed by atoms with van der Waals surface area (Å²) in [5, 5.41) is 11.8. The molecule has 0 spiro atoms. The van der Waals surface area contributed by atoms with Crippen molar-refractivity contribution in [3.05, 3.63) is 61.9 Å². The zero-order valence-electron chi connectivity index (χ0n) is 13.5. The Balaban J connectivity index is 2.58. The zero-order chi connectivity index (χ0) is 16.9. The molecule has 3 rings (SSSR count). The highest BCUT2D eigenvalue weighted by Crippen LogP contribution is 2.39. The monoisotopic (exact) mass is 327 g/mol. The summed E-state index contributed by atoms with van der Waals surface area (Å²) >= 11 is 6.11. The van der Waals surface area contributed by atoms with Crippen LogP contribution < -0.4 is 5.56 Å². The molecular formula is C19H18ClNO2. The summed E-state index contributed by atoms with van der Waals surface area (Å²) in [5.74, 6) is 0.113. The molecule has 0 aliphatic heterocycles. The molecule has 3 aromatic rings. The molecule has 1 aromatic heterocycles. The maximum Gasteiger partial charge on any atom is 0.251 e. The van der Waals surface area contributed by atoms with E-state index in [4.69, 9.17) is 11.6 Å². The van der Waals surface area contributed by atoms with Gasteiger partial charge in [0.1, 0.15) is 5.75 Å². The average molecular weight is 328 g/mol. The van der Waals surface area contributed by atoms with Crippen LogP contribution in [-0.2, 0) is 0 Å². The number of nitrogens with one attached hydrogen (secondary N) is 1. The first-order valence-electron chi connectivity index (χ1n) is 7.43. The first-order valence-corrected chi connectivity index (χ1v) is 7.81. The summed E-state index contributed by atoms with van der Waals surface area (Å²) in [6.45, 7) is 7.89. The highest BCUT2D eigenvalue weighted by molar-refractivity contribution is 6.31. The van der Waals surface area contributed by atoms with Crippen molar-refractivity contribution < 1.29 is 5.11 Å². The van der Waals surface area contributed by atoms with Gasteiger partial charge >= 0.3 is 0 Å². The van der Waals surface area contributed by atoms with E-state index < -0.39 is 0 Å². The molecule has 2 N–H and O–H groups in total. The van der Waals surface area contributed by atoms with E-state index in [9.17, 15) is 9.90 Å². The largest absolute Gasteiger partial charge is 0.507 e. The Labute approximate surface area is 139 Å². The van der Waals surface area contributed by atoms with Gasteiger partial charge in [0.15, 0.2) is 0 Å². The third kappa shape index (κ3) is 2.41. The summed E-state index contributed by atoms with van der Waals surface area (Å²) in [4.78, 5) is 15.3. The average Bonchev–Trinajstić information content (AvgIpc) is 2.50. The minimum atomic E-state index is -0.158. The lowest BCUT2D eigenvalue weighted by molar-refractivity contribution is 0.477. The minimum Gasteiger partial charge on any atom is -0.507 e. The summed E-state index contributed by atoms with van der Waals surface area (Å²) < 4.78 is 0. The minimum absolute atomic E-state index is 0.113. The number of halogens is 1. The van der Waals surface area contributed by atoms with E-state index >= 15 is 0 Å². The number of fused-ring (bicyclic) bond motifs is 1. The number of aromatic hydroxyl groups is 1. The summed E-state index contributed by atoms with van der Waals surface area (Å²) in [6, 6.07) is 6.87. The van der Waals surface area contributed by atoms with E-state index in [1.165, 1.54) is 5.56 Å².